The molecule has 194 valence electrons. The van der Waals surface area contributed by atoms with E-state index in [-0.39, 0.29) is 40.6 Å². The van der Waals surface area contributed by atoms with Gasteiger partial charge in [-0.3, -0.25) is 14.4 Å². The Morgan fingerprint density at radius 2 is 1.34 bits per heavy atom. The van der Waals surface area contributed by atoms with Crippen LogP contribution in [0.5, 0.6) is 0 Å². The van der Waals surface area contributed by atoms with Gasteiger partial charge in [0.25, 0.3) is 0 Å². The summed E-state index contributed by atoms with van der Waals surface area (Å²) in [4.78, 5) is 51.5. The average molecular weight is 511 g/mol. The largest absolute Gasteiger partial charge is 0.466 e. The van der Waals surface area contributed by atoms with Crippen molar-refractivity contribution >= 4 is 40.2 Å². The van der Waals surface area contributed by atoms with Gasteiger partial charge in [0.05, 0.1) is 25.2 Å². The smallest absolute Gasteiger partial charge is 0.348 e. The molecule has 0 aliphatic rings. The first-order valence-corrected chi connectivity index (χ1v) is 12.0. The Kier molecular flexibility index (Phi) is 10.7. The lowest BCUT2D eigenvalue weighted by Gasteiger charge is -2.27. The minimum atomic E-state index is -0.784. The highest BCUT2D eigenvalue weighted by atomic mass is 32.1. The van der Waals surface area contributed by atoms with Crippen LogP contribution >= 0.6 is 11.3 Å². The van der Waals surface area contributed by atoms with Gasteiger partial charge in [-0.05, 0) is 55.4 Å². The van der Waals surface area contributed by atoms with E-state index < -0.39 is 48.2 Å². The van der Waals surface area contributed by atoms with Crippen LogP contribution in [-0.2, 0) is 39.8 Å². The zero-order chi connectivity index (χ0) is 27.0. The molecule has 1 aromatic heterocycles. The molecule has 1 aromatic rings. The molecule has 0 aliphatic heterocycles. The molecule has 0 saturated carbocycles. The number of hydrogen-bond acceptors (Lipinski definition) is 11. The first-order chi connectivity index (χ1) is 16.1. The summed E-state index contributed by atoms with van der Waals surface area (Å²) in [5.41, 5.74) is -1.48. The summed E-state index contributed by atoms with van der Waals surface area (Å²) in [5.74, 6) is -2.66. The third kappa shape index (κ3) is 9.94. The van der Waals surface area contributed by atoms with Crippen molar-refractivity contribution in [2.24, 2.45) is 0 Å². The fraction of sp³-hybridized carbons (Fsp3) is 0.625. The first-order valence-electron chi connectivity index (χ1n) is 11.2. The maximum Gasteiger partial charge on any atom is 0.348 e. The quantitative estimate of drug-likeness (QED) is 0.341. The van der Waals surface area contributed by atoms with E-state index in [0.717, 1.165) is 11.3 Å². The van der Waals surface area contributed by atoms with Gasteiger partial charge >= 0.3 is 23.9 Å². The van der Waals surface area contributed by atoms with Crippen molar-refractivity contribution in [3.63, 3.8) is 0 Å². The van der Waals surface area contributed by atoms with Gasteiger partial charge in [-0.15, -0.1) is 11.3 Å². The second-order valence-electron chi connectivity index (χ2n) is 9.43. The number of hydrogen-bond donors (Lipinski definition) is 0. The van der Waals surface area contributed by atoms with Crippen molar-refractivity contribution in [1.82, 2.24) is 0 Å². The molecular formula is C24H34N2O8S. The molecule has 0 bridgehead atoms. The molecule has 0 aliphatic carbocycles. The lowest BCUT2D eigenvalue weighted by Crippen LogP contribution is -2.40. The molecule has 0 spiro atoms. The Hall–Kier alpha value is -3.13. The molecule has 0 aromatic carbocycles. The predicted octanol–water partition coefficient (Wildman–Crippen LogP) is 3.39. The molecule has 10 nitrogen and oxygen atoms in total. The zero-order valence-electron chi connectivity index (χ0n) is 21.6. The molecule has 11 heteroatoms. The zero-order valence-corrected chi connectivity index (χ0v) is 22.4. The minimum absolute atomic E-state index is 0.0184. The third-order valence-electron chi connectivity index (χ3n) is 3.95. The van der Waals surface area contributed by atoms with Crippen molar-refractivity contribution in [2.75, 3.05) is 31.2 Å². The molecule has 35 heavy (non-hydrogen) atoms. The van der Waals surface area contributed by atoms with E-state index >= 15 is 0 Å². The Balaban J connectivity index is 3.58. The van der Waals surface area contributed by atoms with Crippen LogP contribution in [0, 0.1) is 11.3 Å². The summed E-state index contributed by atoms with van der Waals surface area (Å²) in [7, 11) is 0. The summed E-state index contributed by atoms with van der Waals surface area (Å²) in [6.07, 6.45) is -0.353. The van der Waals surface area contributed by atoms with Gasteiger partial charge in [0.1, 0.15) is 40.2 Å². The topological polar surface area (TPSA) is 132 Å². The number of carbonyl (C=O) groups excluding carboxylic acids is 4. The number of thiophene rings is 1. The second kappa shape index (κ2) is 12.5. The SMILES string of the molecule is CCOC(=O)Cc1c(C(=O)OCC)sc(N(CC(=O)OC(C)(C)C)CC(=O)OC(C)(C)C)c1C#N. The summed E-state index contributed by atoms with van der Waals surface area (Å²) < 4.78 is 20.9. The number of anilines is 1. The fourth-order valence-electron chi connectivity index (χ4n) is 2.94. The molecule has 1 rings (SSSR count). The van der Waals surface area contributed by atoms with E-state index in [1.165, 1.54) is 4.90 Å². The van der Waals surface area contributed by atoms with Crippen molar-refractivity contribution in [3.8, 4) is 6.07 Å². The van der Waals surface area contributed by atoms with Crippen LogP contribution in [0.25, 0.3) is 0 Å². The van der Waals surface area contributed by atoms with Crippen LogP contribution in [0.1, 0.15) is 76.2 Å². The van der Waals surface area contributed by atoms with Gasteiger partial charge in [-0.2, -0.15) is 5.26 Å². The van der Waals surface area contributed by atoms with E-state index in [2.05, 4.69) is 0 Å². The van der Waals surface area contributed by atoms with Crippen molar-refractivity contribution in [1.29, 1.82) is 5.26 Å². The molecule has 0 N–H and O–H groups in total. The Morgan fingerprint density at radius 1 is 0.857 bits per heavy atom. The molecule has 1 heterocycles. The second-order valence-corrected chi connectivity index (χ2v) is 10.4. The minimum Gasteiger partial charge on any atom is -0.466 e. The highest BCUT2D eigenvalue weighted by Crippen LogP contribution is 2.37. The summed E-state index contributed by atoms with van der Waals surface area (Å²) in [6.45, 7) is 12.9. The number of esters is 4. The summed E-state index contributed by atoms with van der Waals surface area (Å²) >= 11 is 0.852. The molecule has 0 amide bonds. The number of nitrogens with zero attached hydrogens (tertiary/aromatic N) is 2. The van der Waals surface area contributed by atoms with Crippen molar-refractivity contribution < 1.29 is 38.1 Å². The van der Waals surface area contributed by atoms with Crippen LogP contribution in [-0.4, -0.2) is 61.4 Å². The van der Waals surface area contributed by atoms with Gasteiger partial charge in [-0.25, -0.2) is 4.79 Å². The molecule has 0 unspecified atom stereocenters. The van der Waals surface area contributed by atoms with Crippen LogP contribution in [0.2, 0.25) is 0 Å². The number of rotatable bonds is 10. The standard InChI is InChI=1S/C24H34N2O8S/c1-9-31-17(27)11-15-16(12-25)21(35-20(15)22(30)32-10-2)26(13-18(28)33-23(3,4)5)14-19(29)34-24(6,7)8/h9-11,13-14H2,1-8H3. The Morgan fingerprint density at radius 3 is 1.74 bits per heavy atom. The molecule has 0 fully saturated rings. The van der Waals surface area contributed by atoms with Gasteiger partial charge < -0.3 is 23.8 Å². The predicted molar refractivity (Wildman–Crippen MR) is 129 cm³/mol. The first kappa shape index (κ1) is 29.9. The lowest BCUT2D eigenvalue weighted by atomic mass is 10.1. The van der Waals surface area contributed by atoms with Crippen LogP contribution < -0.4 is 4.90 Å². The van der Waals surface area contributed by atoms with Crippen molar-refractivity contribution in [2.45, 2.75) is 73.0 Å². The van der Waals surface area contributed by atoms with Gasteiger partial charge in [0.15, 0.2) is 0 Å². The summed E-state index contributed by atoms with van der Waals surface area (Å²) in [5, 5.41) is 10.1. The van der Waals surface area contributed by atoms with Crippen molar-refractivity contribution in [3.05, 3.63) is 16.0 Å². The van der Waals surface area contributed by atoms with E-state index in [1.807, 2.05) is 6.07 Å². The monoisotopic (exact) mass is 510 g/mol. The van der Waals surface area contributed by atoms with Gasteiger partial charge in [0.2, 0.25) is 0 Å². The van der Waals surface area contributed by atoms with E-state index in [4.69, 9.17) is 18.9 Å². The van der Waals surface area contributed by atoms with Crippen LogP contribution in [0.4, 0.5) is 5.00 Å². The highest BCUT2D eigenvalue weighted by molar-refractivity contribution is 7.18. The normalized spacial score (nSPS) is 11.3. The molecule has 0 atom stereocenters. The Labute approximate surface area is 210 Å². The van der Waals surface area contributed by atoms with Crippen LogP contribution in [0.15, 0.2) is 0 Å². The van der Waals surface area contributed by atoms with E-state index in [0.29, 0.717) is 0 Å². The van der Waals surface area contributed by atoms with E-state index in [1.54, 1.807) is 55.4 Å². The fourth-order valence-corrected chi connectivity index (χ4v) is 4.10. The highest BCUT2D eigenvalue weighted by Gasteiger charge is 2.32. The van der Waals surface area contributed by atoms with Crippen LogP contribution in [0.3, 0.4) is 0 Å². The number of carbonyl (C=O) groups is 4. The number of ether oxygens (including phenoxy) is 4. The lowest BCUT2D eigenvalue weighted by molar-refractivity contribution is -0.154. The number of nitriles is 1. The molecular weight excluding hydrogens is 476 g/mol. The third-order valence-corrected chi connectivity index (χ3v) is 5.23. The van der Waals surface area contributed by atoms with Gasteiger partial charge in [-0.1, -0.05) is 0 Å². The average Bonchev–Trinajstić information content (AvgIpc) is 3.03. The van der Waals surface area contributed by atoms with Gasteiger partial charge in [0, 0.05) is 5.56 Å². The molecule has 0 radical (unpaired) electrons. The van der Waals surface area contributed by atoms with E-state index in [9.17, 15) is 24.4 Å². The Bertz CT molecular complexity index is 949. The molecule has 0 saturated heterocycles. The maximum atomic E-state index is 12.7. The maximum absolute atomic E-state index is 12.7. The summed E-state index contributed by atoms with van der Waals surface area (Å²) in [6, 6.07) is 2.00.